The van der Waals surface area contributed by atoms with Crippen LogP contribution in [-0.4, -0.2) is 29.7 Å². The Bertz CT molecular complexity index is 335. The molecular formula is C15H26N2O3. The van der Waals surface area contributed by atoms with Crippen molar-refractivity contribution in [3.8, 4) is 12.3 Å². The molecule has 20 heavy (non-hydrogen) atoms. The molecule has 1 unspecified atom stereocenters. The van der Waals surface area contributed by atoms with E-state index in [0.29, 0.717) is 6.54 Å². The van der Waals surface area contributed by atoms with Gasteiger partial charge in [-0.05, 0) is 12.3 Å². The van der Waals surface area contributed by atoms with Gasteiger partial charge in [-0.25, -0.2) is 9.59 Å². The fourth-order valence-corrected chi connectivity index (χ4v) is 1.76. The van der Waals surface area contributed by atoms with Crippen molar-refractivity contribution in [2.45, 2.75) is 58.4 Å². The van der Waals surface area contributed by atoms with Gasteiger partial charge in [0, 0.05) is 13.0 Å². The molecule has 1 atom stereocenters. The molecule has 0 radical (unpaired) electrons. The minimum Gasteiger partial charge on any atom is -0.480 e. The fraction of sp³-hybridized carbons (Fsp3) is 0.733. The maximum Gasteiger partial charge on any atom is 0.327 e. The molecule has 0 saturated heterocycles. The van der Waals surface area contributed by atoms with Crippen molar-refractivity contribution < 1.29 is 14.7 Å². The normalized spacial score (nSPS) is 11.7. The van der Waals surface area contributed by atoms with Gasteiger partial charge in [0.1, 0.15) is 6.04 Å². The topological polar surface area (TPSA) is 78.4 Å². The van der Waals surface area contributed by atoms with Crippen LogP contribution in [0.15, 0.2) is 0 Å². The highest BCUT2D eigenvalue weighted by molar-refractivity contribution is 5.82. The Balaban J connectivity index is 3.63. The van der Waals surface area contributed by atoms with Gasteiger partial charge >= 0.3 is 12.0 Å². The van der Waals surface area contributed by atoms with Crippen molar-refractivity contribution in [1.82, 2.24) is 10.6 Å². The minimum atomic E-state index is -1.12. The Morgan fingerprint density at radius 2 is 1.85 bits per heavy atom. The van der Waals surface area contributed by atoms with Crippen LogP contribution in [-0.2, 0) is 4.79 Å². The number of rotatable bonds is 10. The number of amides is 2. The van der Waals surface area contributed by atoms with Gasteiger partial charge in [-0.3, -0.25) is 0 Å². The lowest BCUT2D eigenvalue weighted by molar-refractivity contribution is -0.139. The number of carboxylic acid groups (broad SMARTS) is 1. The Kier molecular flexibility index (Phi) is 10.2. The van der Waals surface area contributed by atoms with Crippen LogP contribution >= 0.6 is 0 Å². The maximum atomic E-state index is 11.5. The standard InChI is InChI=1S/C15H26N2O3/c1-4-9-13(14(18)19)17-15(20)16-11-8-6-5-7-10-12(2)3/h1,12-13H,5-11H2,2-3H3,(H,18,19)(H2,16,17,20). The summed E-state index contributed by atoms with van der Waals surface area (Å²) in [5, 5.41) is 13.8. The van der Waals surface area contributed by atoms with Crippen LogP contribution in [0.1, 0.15) is 52.4 Å². The van der Waals surface area contributed by atoms with E-state index in [-0.39, 0.29) is 6.42 Å². The van der Waals surface area contributed by atoms with E-state index < -0.39 is 18.0 Å². The number of hydrogen-bond acceptors (Lipinski definition) is 2. The predicted molar refractivity (Wildman–Crippen MR) is 79.3 cm³/mol. The number of urea groups is 1. The molecule has 0 aromatic heterocycles. The summed E-state index contributed by atoms with van der Waals surface area (Å²) in [6.45, 7) is 4.97. The van der Waals surface area contributed by atoms with E-state index in [9.17, 15) is 9.59 Å². The molecule has 0 aliphatic rings. The van der Waals surface area contributed by atoms with Crippen molar-refractivity contribution in [3.05, 3.63) is 0 Å². The second kappa shape index (κ2) is 11.2. The van der Waals surface area contributed by atoms with E-state index in [2.05, 4.69) is 30.4 Å². The molecular weight excluding hydrogens is 256 g/mol. The van der Waals surface area contributed by atoms with E-state index in [4.69, 9.17) is 11.5 Å². The van der Waals surface area contributed by atoms with Gasteiger partial charge in [0.05, 0.1) is 0 Å². The first-order chi connectivity index (χ1) is 9.47. The number of aliphatic carboxylic acids is 1. The highest BCUT2D eigenvalue weighted by Gasteiger charge is 2.17. The van der Waals surface area contributed by atoms with Crippen LogP contribution in [0.4, 0.5) is 4.79 Å². The number of carbonyl (C=O) groups is 2. The number of carboxylic acids is 1. The molecule has 0 fully saturated rings. The summed E-state index contributed by atoms with van der Waals surface area (Å²) in [4.78, 5) is 22.2. The molecule has 0 aromatic carbocycles. The van der Waals surface area contributed by atoms with Gasteiger partial charge in [0.25, 0.3) is 0 Å². The van der Waals surface area contributed by atoms with Gasteiger partial charge in [-0.15, -0.1) is 12.3 Å². The van der Waals surface area contributed by atoms with Crippen LogP contribution in [0.2, 0.25) is 0 Å². The van der Waals surface area contributed by atoms with E-state index in [1.807, 2.05) is 0 Å². The molecule has 3 N–H and O–H groups in total. The third-order valence-electron chi connectivity index (χ3n) is 2.92. The first-order valence-electron chi connectivity index (χ1n) is 7.18. The third-order valence-corrected chi connectivity index (χ3v) is 2.92. The molecule has 0 bridgehead atoms. The molecule has 0 rings (SSSR count). The molecule has 114 valence electrons. The van der Waals surface area contributed by atoms with E-state index >= 15 is 0 Å². The first-order valence-corrected chi connectivity index (χ1v) is 7.18. The smallest absolute Gasteiger partial charge is 0.327 e. The summed E-state index contributed by atoms with van der Waals surface area (Å²) in [5.41, 5.74) is 0. The summed E-state index contributed by atoms with van der Waals surface area (Å²) in [6.07, 6.45) is 10.6. The van der Waals surface area contributed by atoms with E-state index in [1.54, 1.807) is 0 Å². The SMILES string of the molecule is C#CCC(NC(=O)NCCCCCCC(C)C)C(=O)O. The van der Waals surface area contributed by atoms with Gasteiger partial charge in [0.15, 0.2) is 0 Å². The van der Waals surface area contributed by atoms with Crippen molar-refractivity contribution in [3.63, 3.8) is 0 Å². The van der Waals surface area contributed by atoms with Crippen LogP contribution in [0.5, 0.6) is 0 Å². The Morgan fingerprint density at radius 1 is 1.20 bits per heavy atom. The van der Waals surface area contributed by atoms with Crippen LogP contribution in [0, 0.1) is 18.3 Å². The van der Waals surface area contributed by atoms with Crippen molar-refractivity contribution in [2.24, 2.45) is 5.92 Å². The number of carbonyl (C=O) groups excluding carboxylic acids is 1. The summed E-state index contributed by atoms with van der Waals surface area (Å²) in [7, 11) is 0. The van der Waals surface area contributed by atoms with Gasteiger partial charge in [-0.1, -0.05) is 39.5 Å². The molecule has 0 aliphatic carbocycles. The van der Waals surface area contributed by atoms with Crippen molar-refractivity contribution in [1.29, 1.82) is 0 Å². The molecule has 5 heteroatoms. The number of terminal acetylenes is 1. The molecule has 0 aliphatic heterocycles. The first kappa shape index (κ1) is 18.3. The van der Waals surface area contributed by atoms with Gasteiger partial charge in [0.2, 0.25) is 0 Å². The van der Waals surface area contributed by atoms with E-state index in [1.165, 1.54) is 12.8 Å². The molecule has 0 saturated carbocycles. The summed E-state index contributed by atoms with van der Waals surface area (Å²) >= 11 is 0. The average Bonchev–Trinajstić information content (AvgIpc) is 2.36. The van der Waals surface area contributed by atoms with Crippen LogP contribution in [0.3, 0.4) is 0 Å². The largest absolute Gasteiger partial charge is 0.480 e. The maximum absolute atomic E-state index is 11.5. The molecule has 2 amide bonds. The third kappa shape index (κ3) is 10.2. The van der Waals surface area contributed by atoms with E-state index in [0.717, 1.165) is 25.2 Å². The summed E-state index contributed by atoms with van der Waals surface area (Å²) in [6, 6.07) is -1.50. The summed E-state index contributed by atoms with van der Waals surface area (Å²) in [5.74, 6) is 1.85. The van der Waals surface area contributed by atoms with Crippen molar-refractivity contribution in [2.75, 3.05) is 6.54 Å². The summed E-state index contributed by atoms with van der Waals surface area (Å²) < 4.78 is 0. The zero-order valence-electron chi connectivity index (χ0n) is 12.4. The lowest BCUT2D eigenvalue weighted by atomic mass is 10.0. The lowest BCUT2D eigenvalue weighted by Gasteiger charge is -2.12. The second-order valence-corrected chi connectivity index (χ2v) is 5.30. The number of hydrogen-bond donors (Lipinski definition) is 3. The zero-order chi connectivity index (χ0) is 15.4. The van der Waals surface area contributed by atoms with Gasteiger partial charge < -0.3 is 15.7 Å². The number of unbranched alkanes of at least 4 members (excludes halogenated alkanes) is 3. The highest BCUT2D eigenvalue weighted by atomic mass is 16.4. The Hall–Kier alpha value is -1.70. The Labute approximate surface area is 121 Å². The lowest BCUT2D eigenvalue weighted by Crippen LogP contribution is -2.46. The molecule has 0 spiro atoms. The average molecular weight is 282 g/mol. The van der Waals surface area contributed by atoms with Crippen LogP contribution < -0.4 is 10.6 Å². The Morgan fingerprint density at radius 3 is 2.40 bits per heavy atom. The molecule has 0 heterocycles. The minimum absolute atomic E-state index is 0.0159. The van der Waals surface area contributed by atoms with Crippen LogP contribution in [0.25, 0.3) is 0 Å². The molecule has 0 aromatic rings. The predicted octanol–water partition coefficient (Wildman–Crippen LogP) is 2.37. The number of nitrogens with one attached hydrogen (secondary N) is 2. The highest BCUT2D eigenvalue weighted by Crippen LogP contribution is 2.08. The second-order valence-electron chi connectivity index (χ2n) is 5.30. The van der Waals surface area contributed by atoms with Crippen molar-refractivity contribution >= 4 is 12.0 Å². The zero-order valence-corrected chi connectivity index (χ0v) is 12.4. The van der Waals surface area contributed by atoms with Gasteiger partial charge in [-0.2, -0.15) is 0 Å². The molecule has 5 nitrogen and oxygen atoms in total. The quantitative estimate of drug-likeness (QED) is 0.425. The fourth-order valence-electron chi connectivity index (χ4n) is 1.76. The monoisotopic (exact) mass is 282 g/mol.